The van der Waals surface area contributed by atoms with E-state index in [1.54, 1.807) is 0 Å². The van der Waals surface area contributed by atoms with E-state index >= 15 is 0 Å². The molecular weight excluding hydrogens is 302 g/mol. The number of nitrogens with zero attached hydrogens (tertiary/aromatic N) is 1. The average Bonchev–Trinajstić information content (AvgIpc) is 2.65. The minimum Gasteiger partial charge on any atom is -0.381 e. The molecule has 0 atom stereocenters. The molecule has 0 bridgehead atoms. The number of ether oxygens (including phenoxy) is 1. The van der Waals surface area contributed by atoms with Crippen molar-refractivity contribution >= 4 is 5.91 Å². The van der Waals surface area contributed by atoms with Crippen LogP contribution < -0.4 is 11.1 Å². The summed E-state index contributed by atoms with van der Waals surface area (Å²) in [7, 11) is 0. The van der Waals surface area contributed by atoms with Gasteiger partial charge in [0.15, 0.2) is 0 Å². The summed E-state index contributed by atoms with van der Waals surface area (Å²) in [5.41, 5.74) is 7.90. The van der Waals surface area contributed by atoms with Crippen LogP contribution in [0.4, 0.5) is 0 Å². The number of carbonyl (C=O) groups is 1. The van der Waals surface area contributed by atoms with Gasteiger partial charge in [-0.2, -0.15) is 0 Å². The highest BCUT2D eigenvalue weighted by atomic mass is 16.5. The number of hydrogen-bond donors (Lipinski definition) is 2. The first-order chi connectivity index (χ1) is 11.6. The molecule has 1 fully saturated rings. The Balaban J connectivity index is 2.02. The number of benzene rings is 1. The highest BCUT2D eigenvalue weighted by molar-refractivity contribution is 5.83. The molecule has 1 aromatic rings. The number of nitrogens with one attached hydrogen (secondary N) is 1. The molecule has 0 unspecified atom stereocenters. The predicted molar refractivity (Wildman–Crippen MR) is 96.5 cm³/mol. The first-order valence-electron chi connectivity index (χ1n) is 9.00. The molecule has 0 radical (unpaired) electrons. The molecule has 0 aliphatic carbocycles. The summed E-state index contributed by atoms with van der Waals surface area (Å²) >= 11 is 0. The van der Waals surface area contributed by atoms with E-state index in [9.17, 15) is 4.79 Å². The maximum absolute atomic E-state index is 12.7. The van der Waals surface area contributed by atoms with Gasteiger partial charge in [0.1, 0.15) is 0 Å². The molecule has 1 aliphatic rings. The topological polar surface area (TPSA) is 67.6 Å². The lowest BCUT2D eigenvalue weighted by atomic mass is 9.79. The average molecular weight is 333 g/mol. The van der Waals surface area contributed by atoms with E-state index in [1.807, 2.05) is 6.07 Å². The van der Waals surface area contributed by atoms with Crippen molar-refractivity contribution in [3.63, 3.8) is 0 Å². The van der Waals surface area contributed by atoms with Crippen molar-refractivity contribution in [3.8, 4) is 0 Å². The van der Waals surface area contributed by atoms with Crippen molar-refractivity contribution in [1.29, 1.82) is 0 Å². The Hall–Kier alpha value is -1.43. The van der Waals surface area contributed by atoms with Crippen LogP contribution in [-0.4, -0.2) is 43.7 Å². The molecule has 0 aromatic heterocycles. The first kappa shape index (κ1) is 18.9. The van der Waals surface area contributed by atoms with Gasteiger partial charge in [-0.15, -0.1) is 0 Å². The Kier molecular flexibility index (Phi) is 7.21. The fourth-order valence-corrected chi connectivity index (χ4v) is 3.22. The van der Waals surface area contributed by atoms with Gasteiger partial charge in [0, 0.05) is 32.8 Å². The van der Waals surface area contributed by atoms with Crippen LogP contribution in [0.1, 0.15) is 37.8 Å². The summed E-state index contributed by atoms with van der Waals surface area (Å²) in [5, 5.41) is 3.12. The molecule has 1 aliphatic heterocycles. The van der Waals surface area contributed by atoms with Crippen molar-refractivity contribution in [1.82, 2.24) is 10.2 Å². The van der Waals surface area contributed by atoms with Crippen molar-refractivity contribution in [2.45, 2.75) is 39.8 Å². The van der Waals surface area contributed by atoms with Gasteiger partial charge in [0.2, 0.25) is 5.91 Å². The number of rotatable bonds is 8. The van der Waals surface area contributed by atoms with Crippen molar-refractivity contribution in [2.75, 3.05) is 32.8 Å². The summed E-state index contributed by atoms with van der Waals surface area (Å²) in [4.78, 5) is 15.1. The van der Waals surface area contributed by atoms with Crippen molar-refractivity contribution in [2.24, 2.45) is 11.1 Å². The zero-order chi connectivity index (χ0) is 17.4. The number of hydrogen-bond acceptors (Lipinski definition) is 4. The Bertz CT molecular complexity index is 523. The lowest BCUT2D eigenvalue weighted by Gasteiger charge is -2.34. The van der Waals surface area contributed by atoms with Gasteiger partial charge in [0.25, 0.3) is 0 Å². The van der Waals surface area contributed by atoms with E-state index in [1.165, 1.54) is 11.1 Å². The van der Waals surface area contributed by atoms with Crippen LogP contribution in [-0.2, 0) is 22.6 Å². The summed E-state index contributed by atoms with van der Waals surface area (Å²) in [6, 6.07) is 8.33. The molecule has 2 rings (SSSR count). The van der Waals surface area contributed by atoms with Crippen LogP contribution in [0.15, 0.2) is 24.3 Å². The molecule has 1 saturated heterocycles. The Morgan fingerprint density at radius 3 is 2.42 bits per heavy atom. The minimum atomic E-state index is -0.466. The van der Waals surface area contributed by atoms with Crippen LogP contribution in [0, 0.1) is 5.41 Å². The summed E-state index contributed by atoms with van der Waals surface area (Å²) in [6.07, 6.45) is 1.41. The Morgan fingerprint density at radius 2 is 1.83 bits per heavy atom. The predicted octanol–water partition coefficient (Wildman–Crippen LogP) is 1.90. The number of nitrogens with two attached hydrogens (primary N) is 1. The monoisotopic (exact) mass is 333 g/mol. The zero-order valence-corrected chi connectivity index (χ0v) is 15.0. The minimum absolute atomic E-state index is 0.0611. The van der Waals surface area contributed by atoms with Crippen LogP contribution in [0.25, 0.3) is 0 Å². The van der Waals surface area contributed by atoms with Gasteiger partial charge in [-0.1, -0.05) is 38.1 Å². The van der Waals surface area contributed by atoms with Gasteiger partial charge in [-0.3, -0.25) is 9.69 Å². The number of carbonyl (C=O) groups excluding carboxylic acids is 1. The number of amides is 1. The van der Waals surface area contributed by atoms with Crippen molar-refractivity contribution < 1.29 is 9.53 Å². The highest BCUT2D eigenvalue weighted by Gasteiger charge is 2.38. The molecule has 0 saturated carbocycles. The molecule has 1 heterocycles. The second kappa shape index (κ2) is 9.16. The van der Waals surface area contributed by atoms with E-state index in [0.29, 0.717) is 39.1 Å². The quantitative estimate of drug-likeness (QED) is 0.762. The van der Waals surface area contributed by atoms with Gasteiger partial charge in [-0.05, 0) is 37.1 Å². The third kappa shape index (κ3) is 4.56. The standard InChI is InChI=1S/C19H31N3O2/c1-3-22(4-2)14-17-8-6-5-7-16(17)13-21-18(23)19(15-20)9-11-24-12-10-19/h5-8H,3-4,9-15,20H2,1-2H3,(H,21,23). The SMILES string of the molecule is CCN(CC)Cc1ccccc1CNC(=O)C1(CN)CCOCC1. The van der Waals surface area contributed by atoms with Gasteiger partial charge in [0.05, 0.1) is 5.41 Å². The summed E-state index contributed by atoms with van der Waals surface area (Å²) in [5.74, 6) is 0.0611. The van der Waals surface area contributed by atoms with E-state index in [2.05, 4.69) is 42.3 Å². The second-order valence-corrected chi connectivity index (χ2v) is 6.51. The molecular formula is C19H31N3O2. The Morgan fingerprint density at radius 1 is 1.21 bits per heavy atom. The fraction of sp³-hybridized carbons (Fsp3) is 0.632. The van der Waals surface area contributed by atoms with E-state index in [-0.39, 0.29) is 5.91 Å². The fourth-order valence-electron chi connectivity index (χ4n) is 3.22. The molecule has 24 heavy (non-hydrogen) atoms. The van der Waals surface area contributed by atoms with Crippen LogP contribution in [0.3, 0.4) is 0 Å². The van der Waals surface area contributed by atoms with Gasteiger partial charge >= 0.3 is 0 Å². The molecule has 0 spiro atoms. The molecule has 5 heteroatoms. The van der Waals surface area contributed by atoms with Crippen LogP contribution in [0.5, 0.6) is 0 Å². The van der Waals surface area contributed by atoms with Crippen LogP contribution >= 0.6 is 0 Å². The smallest absolute Gasteiger partial charge is 0.227 e. The lowest BCUT2D eigenvalue weighted by Crippen LogP contribution is -2.49. The zero-order valence-electron chi connectivity index (χ0n) is 15.0. The maximum Gasteiger partial charge on any atom is 0.227 e. The molecule has 1 amide bonds. The Labute approximate surface area is 145 Å². The third-order valence-electron chi connectivity index (χ3n) is 5.17. The second-order valence-electron chi connectivity index (χ2n) is 6.51. The van der Waals surface area contributed by atoms with E-state index < -0.39 is 5.41 Å². The van der Waals surface area contributed by atoms with Crippen LogP contribution in [0.2, 0.25) is 0 Å². The summed E-state index contributed by atoms with van der Waals surface area (Å²) < 4.78 is 5.39. The normalized spacial score (nSPS) is 17.0. The summed E-state index contributed by atoms with van der Waals surface area (Å²) in [6.45, 7) is 9.46. The largest absolute Gasteiger partial charge is 0.381 e. The van der Waals surface area contributed by atoms with Gasteiger partial charge in [-0.25, -0.2) is 0 Å². The third-order valence-corrected chi connectivity index (χ3v) is 5.17. The maximum atomic E-state index is 12.7. The molecule has 1 aromatic carbocycles. The van der Waals surface area contributed by atoms with E-state index in [4.69, 9.17) is 10.5 Å². The highest BCUT2D eigenvalue weighted by Crippen LogP contribution is 2.29. The van der Waals surface area contributed by atoms with E-state index in [0.717, 1.165) is 19.6 Å². The molecule has 134 valence electrons. The lowest BCUT2D eigenvalue weighted by molar-refractivity contribution is -0.136. The molecule has 5 nitrogen and oxygen atoms in total. The first-order valence-corrected chi connectivity index (χ1v) is 9.00. The molecule has 3 N–H and O–H groups in total. The van der Waals surface area contributed by atoms with Crippen molar-refractivity contribution in [3.05, 3.63) is 35.4 Å². The van der Waals surface area contributed by atoms with Gasteiger partial charge < -0.3 is 15.8 Å².